The Hall–Kier alpha value is -3.09. The standard InChI is InChI=1S/C19H16O7/c1-9-7-14(25-18(9)21)23-8-13-15-16(24-10(2)20)11-5-3-4-6-12(11)17(15)26-19(13)22/h3-8,14-17H,1-2H3/b13-8+/t14-,15-,16-,17+/m0/s1. The highest BCUT2D eigenvalue weighted by Gasteiger charge is 2.53. The summed E-state index contributed by atoms with van der Waals surface area (Å²) in [6.07, 6.45) is 0.685. The van der Waals surface area contributed by atoms with Crippen LogP contribution in [-0.4, -0.2) is 24.2 Å². The predicted molar refractivity (Wildman–Crippen MR) is 86.1 cm³/mol. The average Bonchev–Trinajstić information content (AvgIpc) is 3.19. The molecule has 1 fully saturated rings. The van der Waals surface area contributed by atoms with E-state index in [1.165, 1.54) is 19.3 Å². The fourth-order valence-corrected chi connectivity index (χ4v) is 3.51. The summed E-state index contributed by atoms with van der Waals surface area (Å²) in [6, 6.07) is 7.37. The largest absolute Gasteiger partial charge is 0.458 e. The summed E-state index contributed by atoms with van der Waals surface area (Å²) in [5.41, 5.74) is 2.29. The Morgan fingerprint density at radius 2 is 1.85 bits per heavy atom. The van der Waals surface area contributed by atoms with E-state index in [0.717, 1.165) is 11.1 Å². The summed E-state index contributed by atoms with van der Waals surface area (Å²) in [6.45, 7) is 2.93. The number of benzene rings is 1. The van der Waals surface area contributed by atoms with E-state index in [2.05, 4.69) is 0 Å². The molecule has 1 aromatic carbocycles. The first kappa shape index (κ1) is 16.4. The number of hydrogen-bond acceptors (Lipinski definition) is 7. The molecule has 0 saturated carbocycles. The lowest BCUT2D eigenvalue weighted by Crippen LogP contribution is -2.17. The predicted octanol–water partition coefficient (Wildman–Crippen LogP) is 2.25. The monoisotopic (exact) mass is 356 g/mol. The number of carbonyl (C=O) groups is 3. The highest BCUT2D eigenvalue weighted by Crippen LogP contribution is 2.55. The molecule has 3 aliphatic rings. The van der Waals surface area contributed by atoms with Gasteiger partial charge in [-0.1, -0.05) is 24.3 Å². The number of cyclic esters (lactones) is 1. The molecule has 0 N–H and O–H groups in total. The van der Waals surface area contributed by atoms with Crippen LogP contribution in [0.4, 0.5) is 0 Å². The molecule has 1 aliphatic carbocycles. The van der Waals surface area contributed by atoms with Crippen molar-refractivity contribution in [3.63, 3.8) is 0 Å². The number of rotatable bonds is 3. The van der Waals surface area contributed by atoms with Gasteiger partial charge in [0.25, 0.3) is 6.29 Å². The molecular weight excluding hydrogens is 340 g/mol. The van der Waals surface area contributed by atoms with Gasteiger partial charge in [-0.25, -0.2) is 9.59 Å². The van der Waals surface area contributed by atoms with Gasteiger partial charge in [-0.2, -0.15) is 0 Å². The quantitative estimate of drug-likeness (QED) is 0.355. The van der Waals surface area contributed by atoms with Crippen LogP contribution in [0, 0.1) is 5.92 Å². The van der Waals surface area contributed by atoms with Gasteiger partial charge in [-0.15, -0.1) is 0 Å². The van der Waals surface area contributed by atoms with Crippen LogP contribution < -0.4 is 0 Å². The maximum absolute atomic E-state index is 12.3. The molecule has 1 aromatic rings. The maximum Gasteiger partial charge on any atom is 0.338 e. The molecule has 4 rings (SSSR count). The third-order valence-corrected chi connectivity index (χ3v) is 4.64. The molecule has 2 heterocycles. The van der Waals surface area contributed by atoms with Crippen LogP contribution in [0.2, 0.25) is 0 Å². The van der Waals surface area contributed by atoms with Gasteiger partial charge in [-0.3, -0.25) is 4.79 Å². The van der Waals surface area contributed by atoms with E-state index in [0.29, 0.717) is 5.57 Å². The van der Waals surface area contributed by atoms with E-state index in [-0.39, 0.29) is 5.57 Å². The lowest BCUT2D eigenvalue weighted by atomic mass is 9.95. The summed E-state index contributed by atoms with van der Waals surface area (Å²) in [7, 11) is 0. The van der Waals surface area contributed by atoms with Gasteiger partial charge >= 0.3 is 17.9 Å². The number of fused-ring (bicyclic) bond motifs is 3. The van der Waals surface area contributed by atoms with E-state index < -0.39 is 42.3 Å². The van der Waals surface area contributed by atoms with Gasteiger partial charge in [0.15, 0.2) is 0 Å². The highest BCUT2D eigenvalue weighted by molar-refractivity contribution is 5.92. The minimum atomic E-state index is -0.891. The molecule has 2 aliphatic heterocycles. The third kappa shape index (κ3) is 2.56. The van der Waals surface area contributed by atoms with Crippen molar-refractivity contribution in [1.82, 2.24) is 0 Å². The first-order chi connectivity index (χ1) is 12.5. The molecule has 0 amide bonds. The van der Waals surface area contributed by atoms with Crippen molar-refractivity contribution in [2.75, 3.05) is 0 Å². The van der Waals surface area contributed by atoms with Crippen molar-refractivity contribution in [3.05, 3.63) is 58.9 Å². The second-order valence-electron chi connectivity index (χ2n) is 6.34. The van der Waals surface area contributed by atoms with Gasteiger partial charge in [0, 0.05) is 29.7 Å². The minimum absolute atomic E-state index is 0.242. The van der Waals surface area contributed by atoms with Gasteiger partial charge in [0.1, 0.15) is 12.2 Å². The molecule has 134 valence electrons. The van der Waals surface area contributed by atoms with Crippen molar-refractivity contribution in [1.29, 1.82) is 0 Å². The fraction of sp³-hybridized carbons (Fsp3) is 0.316. The molecule has 26 heavy (non-hydrogen) atoms. The lowest BCUT2D eigenvalue weighted by Gasteiger charge is -2.18. The van der Waals surface area contributed by atoms with E-state index in [4.69, 9.17) is 18.9 Å². The van der Waals surface area contributed by atoms with Gasteiger partial charge in [0.05, 0.1) is 17.8 Å². The van der Waals surface area contributed by atoms with Gasteiger partial charge in [0.2, 0.25) is 0 Å². The maximum atomic E-state index is 12.3. The molecular formula is C19H16O7. The number of ether oxygens (including phenoxy) is 4. The molecule has 0 radical (unpaired) electrons. The number of carbonyl (C=O) groups excluding carboxylic acids is 3. The SMILES string of the molecule is CC(=O)O[C@H]1c2ccccc2[C@H]2OC(=O)/C(=C/O[C@@H]3C=C(C)C(=O)O3)[C@H]21. The van der Waals surface area contributed by atoms with E-state index >= 15 is 0 Å². The minimum Gasteiger partial charge on any atom is -0.458 e. The smallest absolute Gasteiger partial charge is 0.338 e. The average molecular weight is 356 g/mol. The Morgan fingerprint density at radius 1 is 1.12 bits per heavy atom. The second-order valence-corrected chi connectivity index (χ2v) is 6.34. The van der Waals surface area contributed by atoms with Crippen LogP contribution in [0.5, 0.6) is 0 Å². The zero-order valence-corrected chi connectivity index (χ0v) is 14.1. The van der Waals surface area contributed by atoms with Crippen LogP contribution in [-0.2, 0) is 33.3 Å². The Labute approximate surface area is 149 Å². The van der Waals surface area contributed by atoms with Gasteiger partial charge in [-0.05, 0) is 6.92 Å². The van der Waals surface area contributed by atoms with Crippen molar-refractivity contribution in [3.8, 4) is 0 Å². The lowest BCUT2D eigenvalue weighted by molar-refractivity contribution is -0.153. The third-order valence-electron chi connectivity index (χ3n) is 4.64. The summed E-state index contributed by atoms with van der Waals surface area (Å²) < 4.78 is 21.4. The number of hydrogen-bond donors (Lipinski definition) is 0. The van der Waals surface area contributed by atoms with Gasteiger partial charge < -0.3 is 18.9 Å². The molecule has 7 heteroatoms. The van der Waals surface area contributed by atoms with Crippen LogP contribution in [0.25, 0.3) is 0 Å². The van der Waals surface area contributed by atoms with E-state index in [1.807, 2.05) is 24.3 Å². The van der Waals surface area contributed by atoms with Crippen LogP contribution in [0.3, 0.4) is 0 Å². The highest BCUT2D eigenvalue weighted by atomic mass is 16.7. The molecule has 0 aromatic heterocycles. The Balaban J connectivity index is 1.65. The summed E-state index contributed by atoms with van der Waals surface area (Å²) in [5.74, 6) is -1.97. The second kappa shape index (κ2) is 6.01. The summed E-state index contributed by atoms with van der Waals surface area (Å²) >= 11 is 0. The van der Waals surface area contributed by atoms with Crippen molar-refractivity contribution >= 4 is 17.9 Å². The summed E-state index contributed by atoms with van der Waals surface area (Å²) in [4.78, 5) is 35.3. The molecule has 7 nitrogen and oxygen atoms in total. The van der Waals surface area contributed by atoms with Crippen molar-refractivity contribution < 1.29 is 33.3 Å². The molecule has 0 unspecified atom stereocenters. The molecule has 0 bridgehead atoms. The first-order valence-corrected chi connectivity index (χ1v) is 8.17. The van der Waals surface area contributed by atoms with E-state index in [1.54, 1.807) is 6.92 Å². The molecule has 0 spiro atoms. The van der Waals surface area contributed by atoms with Crippen LogP contribution in [0.15, 0.2) is 47.7 Å². The van der Waals surface area contributed by atoms with Crippen LogP contribution >= 0.6 is 0 Å². The fourth-order valence-electron chi connectivity index (χ4n) is 3.51. The van der Waals surface area contributed by atoms with Crippen molar-refractivity contribution in [2.45, 2.75) is 32.3 Å². The first-order valence-electron chi connectivity index (χ1n) is 8.17. The van der Waals surface area contributed by atoms with E-state index in [9.17, 15) is 14.4 Å². The molecule has 4 atom stereocenters. The zero-order chi connectivity index (χ0) is 18.4. The van der Waals surface area contributed by atoms with Crippen LogP contribution in [0.1, 0.15) is 37.2 Å². The normalized spacial score (nSPS) is 30.4. The Morgan fingerprint density at radius 3 is 2.50 bits per heavy atom. The summed E-state index contributed by atoms with van der Waals surface area (Å²) in [5, 5.41) is 0. The Kier molecular flexibility index (Phi) is 3.79. The zero-order valence-electron chi connectivity index (χ0n) is 14.1. The Bertz CT molecular complexity index is 866. The molecule has 1 saturated heterocycles. The van der Waals surface area contributed by atoms with Crippen molar-refractivity contribution in [2.24, 2.45) is 5.92 Å². The number of esters is 3. The topological polar surface area (TPSA) is 88.1 Å².